The van der Waals surface area contributed by atoms with Gasteiger partial charge in [0.2, 0.25) is 0 Å². The maximum Gasteiger partial charge on any atom is 0.170 e. The maximum atomic E-state index is 6.33. The van der Waals surface area contributed by atoms with Crippen LogP contribution < -0.4 is 5.32 Å². The first-order chi connectivity index (χ1) is 15.6. The quantitative estimate of drug-likeness (QED) is 0.342. The molecule has 3 aromatic heterocycles. The van der Waals surface area contributed by atoms with Crippen molar-refractivity contribution in [3.63, 3.8) is 0 Å². The number of aromatic nitrogens is 2. The zero-order valence-electron chi connectivity index (χ0n) is 16.8. The summed E-state index contributed by atoms with van der Waals surface area (Å²) in [6.07, 6.45) is 5.34. The van der Waals surface area contributed by atoms with Gasteiger partial charge >= 0.3 is 0 Å². The molecule has 1 aliphatic heterocycles. The van der Waals surface area contributed by atoms with E-state index in [0.29, 0.717) is 27.5 Å². The summed E-state index contributed by atoms with van der Waals surface area (Å²) in [6.45, 7) is 0.616. The van der Waals surface area contributed by atoms with E-state index in [1.54, 1.807) is 30.7 Å². The van der Waals surface area contributed by atoms with Crippen LogP contribution in [0.5, 0.6) is 0 Å². The highest BCUT2D eigenvalue weighted by Gasteiger charge is 2.41. The molecule has 5 rings (SSSR count). The third-order valence-electron chi connectivity index (χ3n) is 5.42. The molecule has 2 atom stereocenters. The molecule has 0 saturated carbocycles. The van der Waals surface area contributed by atoms with Crippen LogP contribution in [0.15, 0.2) is 83.7 Å². The van der Waals surface area contributed by atoms with Crippen LogP contribution in [-0.2, 0) is 6.54 Å². The second kappa shape index (κ2) is 8.90. The van der Waals surface area contributed by atoms with Gasteiger partial charge in [0.15, 0.2) is 5.11 Å². The van der Waals surface area contributed by atoms with Gasteiger partial charge in [0.05, 0.1) is 21.8 Å². The van der Waals surface area contributed by atoms with Crippen LogP contribution in [0.4, 0.5) is 0 Å². The summed E-state index contributed by atoms with van der Waals surface area (Å²) in [5.41, 5.74) is 2.85. The fourth-order valence-electron chi connectivity index (χ4n) is 3.89. The number of halogens is 2. The Labute approximate surface area is 201 Å². The van der Waals surface area contributed by atoms with Crippen LogP contribution in [0.3, 0.4) is 0 Å². The number of nitrogens with one attached hydrogen (secondary N) is 1. The van der Waals surface area contributed by atoms with Crippen molar-refractivity contribution in [3.8, 4) is 11.3 Å². The smallest absolute Gasteiger partial charge is 0.170 e. The molecule has 5 nitrogen and oxygen atoms in total. The molecule has 1 N–H and O–H groups in total. The van der Waals surface area contributed by atoms with Gasteiger partial charge in [-0.1, -0.05) is 29.3 Å². The standard InChI is InChI=1S/C24H18Cl2N4OS/c25-17-5-4-16(13-18(17)26)20-6-7-21(31-20)23-22(19-3-1-2-10-28-19)29-24(32)30(23)14-15-8-11-27-12-9-15/h1-13,22-23H,14H2,(H,29,32)/t22-,23-/m0/s1. The number of pyridine rings is 2. The Morgan fingerprint density at radius 3 is 2.56 bits per heavy atom. The molecule has 1 saturated heterocycles. The van der Waals surface area contributed by atoms with Gasteiger partial charge in [-0.3, -0.25) is 9.97 Å². The van der Waals surface area contributed by atoms with Crippen molar-refractivity contribution in [3.05, 3.63) is 106 Å². The van der Waals surface area contributed by atoms with Gasteiger partial charge in [-0.15, -0.1) is 0 Å². The first-order valence-corrected chi connectivity index (χ1v) is 11.2. The van der Waals surface area contributed by atoms with Crippen molar-refractivity contribution in [1.82, 2.24) is 20.2 Å². The highest BCUT2D eigenvalue weighted by Crippen LogP contribution is 2.41. The molecule has 0 spiro atoms. The second-order valence-corrected chi connectivity index (χ2v) is 8.64. The summed E-state index contributed by atoms with van der Waals surface area (Å²) >= 11 is 18.0. The fraction of sp³-hybridized carbons (Fsp3) is 0.125. The SMILES string of the molecule is S=C1N[C@@H](c2ccccn2)[C@H](c2ccc(-c3ccc(Cl)c(Cl)c3)o2)N1Cc1ccncc1. The molecule has 0 bridgehead atoms. The number of thiocarbonyl (C=S) groups is 1. The zero-order chi connectivity index (χ0) is 22.1. The molecule has 160 valence electrons. The largest absolute Gasteiger partial charge is 0.459 e. The van der Waals surface area contributed by atoms with Crippen molar-refractivity contribution in [2.75, 3.05) is 0 Å². The van der Waals surface area contributed by atoms with Gasteiger partial charge in [0, 0.05) is 30.7 Å². The zero-order valence-corrected chi connectivity index (χ0v) is 19.1. The van der Waals surface area contributed by atoms with E-state index >= 15 is 0 Å². The Hall–Kier alpha value is -2.93. The number of rotatable bonds is 5. The predicted octanol–water partition coefficient (Wildman–Crippen LogP) is 6.22. The minimum absolute atomic E-state index is 0.154. The van der Waals surface area contributed by atoms with E-state index in [1.807, 2.05) is 48.5 Å². The van der Waals surface area contributed by atoms with E-state index in [0.717, 1.165) is 22.6 Å². The van der Waals surface area contributed by atoms with Crippen LogP contribution in [0.1, 0.15) is 29.1 Å². The summed E-state index contributed by atoms with van der Waals surface area (Å²) in [5.74, 6) is 1.49. The van der Waals surface area contributed by atoms with Crippen molar-refractivity contribution in [2.45, 2.75) is 18.6 Å². The van der Waals surface area contributed by atoms with E-state index in [1.165, 1.54) is 0 Å². The van der Waals surface area contributed by atoms with Crippen molar-refractivity contribution < 1.29 is 4.42 Å². The molecule has 1 aliphatic rings. The average Bonchev–Trinajstić information content (AvgIpc) is 3.42. The number of hydrogen-bond donors (Lipinski definition) is 1. The maximum absolute atomic E-state index is 6.33. The molecule has 0 aliphatic carbocycles. The Balaban J connectivity index is 1.54. The highest BCUT2D eigenvalue weighted by atomic mass is 35.5. The van der Waals surface area contributed by atoms with Crippen molar-refractivity contribution in [1.29, 1.82) is 0 Å². The molecule has 32 heavy (non-hydrogen) atoms. The topological polar surface area (TPSA) is 54.2 Å². The van der Waals surface area contributed by atoms with Gasteiger partial charge in [-0.05, 0) is 72.4 Å². The Morgan fingerprint density at radius 2 is 1.81 bits per heavy atom. The first-order valence-electron chi connectivity index (χ1n) is 10.0. The summed E-state index contributed by atoms with van der Waals surface area (Å²) in [4.78, 5) is 10.8. The van der Waals surface area contributed by atoms with Gasteiger partial charge in [0.1, 0.15) is 17.6 Å². The van der Waals surface area contributed by atoms with E-state index in [-0.39, 0.29) is 12.1 Å². The van der Waals surface area contributed by atoms with Crippen LogP contribution in [0.2, 0.25) is 10.0 Å². The number of hydrogen-bond acceptors (Lipinski definition) is 4. The van der Waals surface area contributed by atoms with Crippen LogP contribution >= 0.6 is 35.4 Å². The summed E-state index contributed by atoms with van der Waals surface area (Å²) in [6, 6.07) is 18.9. The van der Waals surface area contributed by atoms with Gasteiger partial charge in [-0.2, -0.15) is 0 Å². The molecular formula is C24H18Cl2N4OS. The molecule has 8 heteroatoms. The van der Waals surface area contributed by atoms with Crippen LogP contribution in [0.25, 0.3) is 11.3 Å². The summed E-state index contributed by atoms with van der Waals surface area (Å²) in [5, 5.41) is 5.07. The Bertz CT molecular complexity index is 1250. The van der Waals surface area contributed by atoms with Crippen LogP contribution in [-0.4, -0.2) is 20.0 Å². The van der Waals surface area contributed by atoms with E-state index in [4.69, 9.17) is 39.8 Å². The molecular weight excluding hydrogens is 463 g/mol. The Morgan fingerprint density at radius 1 is 0.969 bits per heavy atom. The number of nitrogens with zero attached hydrogens (tertiary/aromatic N) is 3. The first kappa shape index (κ1) is 20.9. The van der Waals surface area contributed by atoms with Gasteiger partial charge < -0.3 is 14.6 Å². The van der Waals surface area contributed by atoms with E-state index in [2.05, 4.69) is 20.2 Å². The lowest BCUT2D eigenvalue weighted by atomic mass is 10.0. The van der Waals surface area contributed by atoms with Gasteiger partial charge in [-0.25, -0.2) is 0 Å². The molecule has 1 aromatic carbocycles. The average molecular weight is 481 g/mol. The third kappa shape index (κ3) is 4.09. The monoisotopic (exact) mass is 480 g/mol. The lowest BCUT2D eigenvalue weighted by Gasteiger charge is -2.26. The van der Waals surface area contributed by atoms with E-state index < -0.39 is 0 Å². The molecule has 0 amide bonds. The number of furan rings is 1. The number of benzene rings is 1. The fourth-order valence-corrected chi connectivity index (χ4v) is 4.49. The minimum Gasteiger partial charge on any atom is -0.459 e. The third-order valence-corrected chi connectivity index (χ3v) is 6.51. The summed E-state index contributed by atoms with van der Waals surface area (Å²) < 4.78 is 6.33. The lowest BCUT2D eigenvalue weighted by Crippen LogP contribution is -2.29. The van der Waals surface area contributed by atoms with Crippen molar-refractivity contribution >= 4 is 40.5 Å². The predicted molar refractivity (Wildman–Crippen MR) is 129 cm³/mol. The Kier molecular flexibility index (Phi) is 5.83. The normalized spacial score (nSPS) is 18.1. The van der Waals surface area contributed by atoms with Gasteiger partial charge in [0.25, 0.3) is 0 Å². The highest BCUT2D eigenvalue weighted by molar-refractivity contribution is 7.80. The van der Waals surface area contributed by atoms with Crippen molar-refractivity contribution in [2.24, 2.45) is 0 Å². The minimum atomic E-state index is -0.179. The molecule has 0 unspecified atom stereocenters. The molecule has 1 fully saturated rings. The summed E-state index contributed by atoms with van der Waals surface area (Å²) in [7, 11) is 0. The van der Waals surface area contributed by atoms with Crippen LogP contribution in [0, 0.1) is 0 Å². The lowest BCUT2D eigenvalue weighted by molar-refractivity contribution is 0.269. The molecule has 4 heterocycles. The molecule has 4 aromatic rings. The molecule has 0 radical (unpaired) electrons. The second-order valence-electron chi connectivity index (χ2n) is 7.44. The van der Waals surface area contributed by atoms with E-state index in [9.17, 15) is 0 Å².